The number of aromatic amines is 2. The first-order valence-corrected chi connectivity index (χ1v) is 34.6. The van der Waals surface area contributed by atoms with Gasteiger partial charge in [-0.3, -0.25) is 10.2 Å². The summed E-state index contributed by atoms with van der Waals surface area (Å²) >= 11 is 5.01. The number of aliphatic hydroxyl groups excluding tert-OH is 2. The maximum absolute atomic E-state index is 15.6. The van der Waals surface area contributed by atoms with Gasteiger partial charge in [0.05, 0.1) is 50.6 Å². The van der Waals surface area contributed by atoms with Gasteiger partial charge in [0.1, 0.15) is 30.2 Å². The van der Waals surface area contributed by atoms with Crippen LogP contribution < -0.4 is 20.4 Å². The van der Waals surface area contributed by atoms with Gasteiger partial charge in [-0.1, -0.05) is 20.3 Å². The second-order valence-corrected chi connectivity index (χ2v) is 28.1. The molecule has 6 atom stereocenters. The summed E-state index contributed by atoms with van der Waals surface area (Å²) in [6, 6.07) is 3.05. The Morgan fingerprint density at radius 1 is 0.648 bits per heavy atom. The smallest absolute Gasteiger partial charge is 0.450 e. The SMILES string of the molecule is C.CCS(=O)(=O)N1[C@@H]2CCC[C@H]1CC(N(C)c1nc(CO)c(F)c(Nc3cc(C)[nH]n3)n1)C2.CCS(=O)(=O)N1[C@@H]2CCC[C@H]1CC(N(C)c1nc(COC(=O)OC3CCOCC3)c(F)c(Nc3cc(C)[nH]n3)n1)C2.O=C(Cl)OC1CCOCC1.OC1CCOCC1. The fraction of sp³-hybridized carbons (Fsp3) is 0.724. The van der Waals surface area contributed by atoms with E-state index in [1.54, 1.807) is 34.6 Å². The van der Waals surface area contributed by atoms with E-state index in [0.29, 0.717) is 76.6 Å². The number of halogens is 3. The molecule has 510 valence electrons. The molecule has 4 aromatic heterocycles. The number of rotatable bonds is 17. The van der Waals surface area contributed by atoms with Crippen molar-refractivity contribution in [2.24, 2.45) is 0 Å². The zero-order valence-electron chi connectivity index (χ0n) is 52.0. The number of fused-ring (bicyclic) bond motifs is 4. The van der Waals surface area contributed by atoms with Gasteiger partial charge in [0.15, 0.2) is 34.9 Å². The monoisotopic (exact) mass is 1340 g/mol. The third kappa shape index (κ3) is 19.9. The lowest BCUT2D eigenvalue weighted by atomic mass is 9.83. The predicted molar refractivity (Wildman–Crippen MR) is 335 cm³/mol. The van der Waals surface area contributed by atoms with Crippen LogP contribution in [-0.2, 0) is 61.7 Å². The number of nitrogens with zero attached hydrogens (tertiary/aromatic N) is 10. The van der Waals surface area contributed by atoms with Gasteiger partial charge in [-0.15, -0.1) is 0 Å². The number of nitrogens with one attached hydrogen (secondary N) is 4. The highest BCUT2D eigenvalue weighted by atomic mass is 35.5. The van der Waals surface area contributed by atoms with Crippen LogP contribution in [-0.4, -0.2) is 207 Å². The van der Waals surface area contributed by atoms with Gasteiger partial charge in [-0.05, 0) is 91.9 Å². The van der Waals surface area contributed by atoms with Crippen LogP contribution >= 0.6 is 11.6 Å². The lowest BCUT2D eigenvalue weighted by Gasteiger charge is -2.49. The lowest BCUT2D eigenvalue weighted by Crippen LogP contribution is -2.58. The summed E-state index contributed by atoms with van der Waals surface area (Å²) in [5.41, 5.74) is 0.641. The van der Waals surface area contributed by atoms with Crippen molar-refractivity contribution in [1.82, 2.24) is 48.9 Å². The lowest BCUT2D eigenvalue weighted by molar-refractivity contribution is -0.0303. The Labute approximate surface area is 536 Å². The molecule has 28 nitrogen and oxygen atoms in total. The Morgan fingerprint density at radius 2 is 1.03 bits per heavy atom. The molecule has 7 fully saturated rings. The quantitative estimate of drug-likeness (QED) is 0.0434. The molecule has 7 saturated heterocycles. The maximum Gasteiger partial charge on any atom is 0.508 e. The first kappa shape index (κ1) is 72.7. The van der Waals surface area contributed by atoms with Gasteiger partial charge in [0.2, 0.25) is 31.9 Å². The first-order valence-electron chi connectivity index (χ1n) is 31.0. The van der Waals surface area contributed by atoms with E-state index in [2.05, 4.69) is 51.0 Å². The Bertz CT molecular complexity index is 3190. The third-order valence-electron chi connectivity index (χ3n) is 17.1. The topological polar surface area (TPSA) is 344 Å². The average Bonchev–Trinajstić information content (AvgIpc) is 1.38. The molecule has 11 heterocycles. The maximum atomic E-state index is 15.6. The summed E-state index contributed by atoms with van der Waals surface area (Å²) in [6.45, 7) is 9.78. The summed E-state index contributed by atoms with van der Waals surface area (Å²) in [5.74, 6) is -0.231. The van der Waals surface area contributed by atoms with Gasteiger partial charge < -0.3 is 59.1 Å². The molecule has 2 unspecified atom stereocenters. The summed E-state index contributed by atoms with van der Waals surface area (Å²) in [6.07, 6.45) is 10.8. The van der Waals surface area contributed by atoms with Crippen molar-refractivity contribution in [1.29, 1.82) is 0 Å². The molecule has 4 bridgehead atoms. The van der Waals surface area contributed by atoms with E-state index in [1.807, 2.05) is 37.7 Å². The number of aromatic nitrogens is 8. The van der Waals surface area contributed by atoms with E-state index in [1.165, 1.54) is 0 Å². The molecule has 0 saturated carbocycles. The number of ether oxygens (including phenoxy) is 6. The standard InChI is InChI=1S/C26H38FN7O6S.C20H30FN7O3S.C6H9ClO3.C5H10O2.CH4/c1-4-41(36,37)34-17-6-5-7-18(34)14-19(13-17)33(3)25-28-21(15-39-26(35)40-20-8-10-38-11-9-20)23(27)24(30-25)29-22-12-16(2)31-32-22;1-4-32(30,31)28-13-6-5-7-14(28)10-15(9-13)27(3)20-22-16(11-29)18(21)19(24-20)23-17-8-12(2)25-26-17;7-6(8)10-5-1-3-9-4-2-5;6-5-1-3-7-4-2-5;/h12,17-20H,4-11,13-15H2,1-3H3,(H2,28,29,30,31,32);8,13-15,29H,4-7,9-11H2,1-3H3,(H2,22,23,24,25,26);5H,1-4H2;5-6H,1-4H2;1H4/t17-,18+,19?;13-,14+,15?;;;. The van der Waals surface area contributed by atoms with E-state index < -0.39 is 56.5 Å². The summed E-state index contributed by atoms with van der Waals surface area (Å²) in [4.78, 5) is 43.8. The molecular formula is C58H91ClF2N14O14S2. The Hall–Kier alpha value is -5.71. The molecular weight excluding hydrogens is 1250 g/mol. The van der Waals surface area contributed by atoms with E-state index >= 15 is 4.39 Å². The van der Waals surface area contributed by atoms with Crippen molar-refractivity contribution >= 4 is 78.4 Å². The van der Waals surface area contributed by atoms with Crippen LogP contribution in [0.1, 0.15) is 147 Å². The predicted octanol–water partition coefficient (Wildman–Crippen LogP) is 7.78. The van der Waals surface area contributed by atoms with Gasteiger partial charge >= 0.3 is 11.6 Å². The van der Waals surface area contributed by atoms with Crippen molar-refractivity contribution in [2.45, 2.75) is 206 Å². The second-order valence-electron chi connectivity index (χ2n) is 23.4. The molecule has 6 N–H and O–H groups in total. The van der Waals surface area contributed by atoms with Crippen LogP contribution in [0, 0.1) is 25.5 Å². The fourth-order valence-corrected chi connectivity index (χ4v) is 15.6. The molecule has 0 aromatic carbocycles. The van der Waals surface area contributed by atoms with Crippen LogP contribution in [0.3, 0.4) is 0 Å². The van der Waals surface area contributed by atoms with Crippen LogP contribution in [0.15, 0.2) is 12.1 Å². The van der Waals surface area contributed by atoms with E-state index in [4.69, 9.17) is 45.1 Å². The molecule has 7 aliphatic rings. The minimum Gasteiger partial charge on any atom is -0.450 e. The number of hydrogen-bond acceptors (Lipinski definition) is 24. The Balaban J connectivity index is 0.000000206. The number of carbonyl (C=O) groups excluding carboxylic acids is 2. The Kier molecular flexibility index (Phi) is 27.1. The number of piperidine rings is 4. The van der Waals surface area contributed by atoms with Gasteiger partial charge in [-0.25, -0.2) is 45.2 Å². The van der Waals surface area contributed by atoms with Crippen LogP contribution in [0.4, 0.5) is 53.5 Å². The van der Waals surface area contributed by atoms with Gasteiger partial charge in [0, 0.05) is 124 Å². The van der Waals surface area contributed by atoms with Crippen LogP contribution in [0.2, 0.25) is 0 Å². The number of H-pyrrole nitrogens is 2. The van der Waals surface area contributed by atoms with Crippen molar-refractivity contribution in [3.63, 3.8) is 0 Å². The van der Waals surface area contributed by atoms with Crippen molar-refractivity contribution < 1.29 is 73.8 Å². The zero-order chi connectivity index (χ0) is 64.7. The molecule has 0 amide bonds. The Morgan fingerprint density at radius 3 is 1.38 bits per heavy atom. The number of aliphatic hydroxyl groups is 2. The van der Waals surface area contributed by atoms with E-state index in [9.17, 15) is 35.9 Å². The van der Waals surface area contributed by atoms with Crippen LogP contribution in [0.5, 0.6) is 0 Å². The van der Waals surface area contributed by atoms with Crippen molar-refractivity contribution in [3.8, 4) is 0 Å². The fourth-order valence-electron chi connectivity index (χ4n) is 12.3. The van der Waals surface area contributed by atoms with E-state index in [0.717, 1.165) is 88.8 Å². The summed E-state index contributed by atoms with van der Waals surface area (Å²) < 4.78 is 115. The molecule has 7 aliphatic heterocycles. The average molecular weight is 1350 g/mol. The first-order chi connectivity index (χ1) is 43.1. The normalized spacial score (nSPS) is 23.2. The zero-order valence-corrected chi connectivity index (χ0v) is 54.3. The molecule has 0 spiro atoms. The second kappa shape index (κ2) is 33.9. The highest BCUT2D eigenvalue weighted by Crippen LogP contribution is 2.41. The molecule has 11 rings (SSSR count). The summed E-state index contributed by atoms with van der Waals surface area (Å²) in [5, 5.41) is 37.9. The minimum atomic E-state index is -3.33. The minimum absolute atomic E-state index is 0. The summed E-state index contributed by atoms with van der Waals surface area (Å²) in [7, 11) is -2.94. The number of hydrogen-bond donors (Lipinski definition) is 6. The molecule has 0 aliphatic carbocycles. The number of aryl methyl sites for hydroxylation is 2. The van der Waals surface area contributed by atoms with Crippen molar-refractivity contribution in [3.05, 3.63) is 46.5 Å². The van der Waals surface area contributed by atoms with Crippen molar-refractivity contribution in [2.75, 3.05) is 85.7 Å². The largest absolute Gasteiger partial charge is 0.508 e. The third-order valence-corrected chi connectivity index (χ3v) is 21.1. The molecule has 4 aromatic rings. The van der Waals surface area contributed by atoms with E-state index in [-0.39, 0.29) is 108 Å². The number of carbonyl (C=O) groups is 2. The number of anilines is 6. The highest BCUT2D eigenvalue weighted by Gasteiger charge is 2.47. The van der Waals surface area contributed by atoms with Crippen LogP contribution in [0.25, 0.3) is 0 Å². The molecule has 91 heavy (non-hydrogen) atoms. The molecule has 33 heteroatoms. The molecule has 0 radical (unpaired) electrons. The van der Waals surface area contributed by atoms with Gasteiger partial charge in [-0.2, -0.15) is 28.8 Å². The number of sulfonamides is 2. The highest BCUT2D eigenvalue weighted by molar-refractivity contribution is 7.89. The van der Waals surface area contributed by atoms with Gasteiger partial charge in [0.25, 0.3) is 0 Å².